The van der Waals surface area contributed by atoms with Gasteiger partial charge in [0.25, 0.3) is 0 Å². The van der Waals surface area contributed by atoms with Crippen LogP contribution in [0.2, 0.25) is 0 Å². The van der Waals surface area contributed by atoms with E-state index in [0.29, 0.717) is 5.95 Å². The summed E-state index contributed by atoms with van der Waals surface area (Å²) in [6.07, 6.45) is 4.08. The number of likely N-dealkylation sites (tertiary alicyclic amines) is 1. The van der Waals surface area contributed by atoms with Crippen molar-refractivity contribution in [2.24, 2.45) is 0 Å². The van der Waals surface area contributed by atoms with Gasteiger partial charge in [-0.05, 0) is 45.0 Å². The summed E-state index contributed by atoms with van der Waals surface area (Å²) in [5, 5.41) is 4.23. The second-order valence-electron chi connectivity index (χ2n) is 6.31. The average Bonchev–Trinajstić information content (AvgIpc) is 2.91. The monoisotopic (exact) mass is 358 g/mol. The van der Waals surface area contributed by atoms with Gasteiger partial charge < -0.3 is 5.32 Å². The number of anilines is 1. The van der Waals surface area contributed by atoms with Crippen LogP contribution in [0.5, 0.6) is 0 Å². The number of rotatable bonds is 5. The van der Waals surface area contributed by atoms with E-state index >= 15 is 0 Å². The average molecular weight is 358 g/mol. The third-order valence-electron chi connectivity index (χ3n) is 4.32. The minimum atomic E-state index is -0.351. The molecule has 6 nitrogen and oxygen atoms in total. The zero-order valence-corrected chi connectivity index (χ0v) is 15.0. The fraction of sp³-hybridized carbons (Fsp3) is 0.412. The minimum Gasteiger partial charge on any atom is -0.348 e. The Morgan fingerprint density at radius 2 is 2.12 bits per heavy atom. The summed E-state index contributed by atoms with van der Waals surface area (Å²) in [4.78, 5) is 20.0. The van der Waals surface area contributed by atoms with Crippen LogP contribution in [-0.4, -0.2) is 37.9 Å². The second-order valence-corrected chi connectivity index (χ2v) is 7.51. The van der Waals surface area contributed by atoms with E-state index in [0.717, 1.165) is 46.2 Å². The Balaban J connectivity index is 1.64. The van der Waals surface area contributed by atoms with Gasteiger partial charge in [0, 0.05) is 12.7 Å². The topological polar surface area (TPSA) is 66.8 Å². The van der Waals surface area contributed by atoms with E-state index in [2.05, 4.69) is 25.2 Å². The maximum absolute atomic E-state index is 13.4. The summed E-state index contributed by atoms with van der Waals surface area (Å²) < 4.78 is 14.4. The van der Waals surface area contributed by atoms with Gasteiger partial charge in [-0.3, -0.25) is 9.88 Å². The van der Waals surface area contributed by atoms with Gasteiger partial charge in [0.05, 0.1) is 27.6 Å². The molecule has 1 atom stereocenters. The molecule has 8 heteroatoms. The molecule has 4 heterocycles. The SMILES string of the molecule is Cc1nc2nc(N[C@@H](C)c3cncc(F)c3)nc(CN3CCC3)c2s1. The Kier molecular flexibility index (Phi) is 4.30. The summed E-state index contributed by atoms with van der Waals surface area (Å²) in [5.74, 6) is 0.168. The Hall–Kier alpha value is -2.19. The lowest BCUT2D eigenvalue weighted by Gasteiger charge is -2.30. The zero-order valence-electron chi connectivity index (χ0n) is 14.2. The van der Waals surface area contributed by atoms with Gasteiger partial charge in [-0.15, -0.1) is 11.3 Å². The molecule has 0 aromatic carbocycles. The first-order chi connectivity index (χ1) is 12.1. The molecule has 0 bridgehead atoms. The lowest BCUT2D eigenvalue weighted by molar-refractivity contribution is 0.171. The fourth-order valence-electron chi connectivity index (χ4n) is 2.85. The van der Waals surface area contributed by atoms with E-state index in [-0.39, 0.29) is 11.9 Å². The number of nitrogens with zero attached hydrogens (tertiary/aromatic N) is 5. The van der Waals surface area contributed by atoms with Gasteiger partial charge in [-0.2, -0.15) is 4.98 Å². The molecule has 0 saturated carbocycles. The molecule has 0 unspecified atom stereocenters. The zero-order chi connectivity index (χ0) is 17.4. The number of aryl methyl sites for hydroxylation is 1. The summed E-state index contributed by atoms with van der Waals surface area (Å²) in [6, 6.07) is 1.31. The highest BCUT2D eigenvalue weighted by Crippen LogP contribution is 2.27. The molecular weight excluding hydrogens is 339 g/mol. The van der Waals surface area contributed by atoms with Crippen LogP contribution in [0.15, 0.2) is 18.5 Å². The molecular formula is C17H19FN6S. The van der Waals surface area contributed by atoms with Crippen LogP contribution in [-0.2, 0) is 6.54 Å². The van der Waals surface area contributed by atoms with Crippen LogP contribution >= 0.6 is 11.3 Å². The van der Waals surface area contributed by atoms with Crippen molar-refractivity contribution in [3.05, 3.63) is 40.5 Å². The quantitative estimate of drug-likeness (QED) is 0.755. The molecule has 130 valence electrons. The number of thiazole rings is 1. The highest BCUT2D eigenvalue weighted by Gasteiger charge is 2.19. The molecule has 1 N–H and O–H groups in total. The first-order valence-corrected chi connectivity index (χ1v) is 9.13. The van der Waals surface area contributed by atoms with Gasteiger partial charge in [-0.1, -0.05) is 0 Å². The van der Waals surface area contributed by atoms with Crippen molar-refractivity contribution in [1.29, 1.82) is 0 Å². The number of aromatic nitrogens is 4. The molecule has 0 spiro atoms. The Labute approximate surface area is 149 Å². The van der Waals surface area contributed by atoms with Crippen LogP contribution in [0.25, 0.3) is 10.3 Å². The molecule has 1 fully saturated rings. The van der Waals surface area contributed by atoms with Crippen molar-refractivity contribution in [3.8, 4) is 0 Å². The number of pyridine rings is 1. The molecule has 1 aliphatic heterocycles. The van der Waals surface area contributed by atoms with Crippen molar-refractivity contribution < 1.29 is 4.39 Å². The molecule has 1 aliphatic rings. The Morgan fingerprint density at radius 3 is 2.84 bits per heavy atom. The van der Waals surface area contributed by atoms with E-state index in [1.807, 2.05) is 13.8 Å². The van der Waals surface area contributed by atoms with Crippen molar-refractivity contribution >= 4 is 27.6 Å². The maximum Gasteiger partial charge on any atom is 0.225 e. The molecule has 0 amide bonds. The standard InChI is InChI=1S/C17H19FN6S/c1-10(12-6-13(18)8-19-7-12)20-17-22-14(9-24-4-3-5-24)15-16(23-17)21-11(2)25-15/h6-8,10H,3-5,9H2,1-2H3,(H,20,22,23)/t10-/m0/s1. The van der Waals surface area contributed by atoms with Gasteiger partial charge in [0.1, 0.15) is 5.82 Å². The first kappa shape index (κ1) is 16.3. The third-order valence-corrected chi connectivity index (χ3v) is 5.33. The molecule has 3 aromatic rings. The summed E-state index contributed by atoms with van der Waals surface area (Å²) in [5.41, 5.74) is 2.48. The largest absolute Gasteiger partial charge is 0.348 e. The highest BCUT2D eigenvalue weighted by atomic mass is 32.1. The minimum absolute atomic E-state index is 0.155. The summed E-state index contributed by atoms with van der Waals surface area (Å²) in [6.45, 7) is 6.94. The van der Waals surface area contributed by atoms with Crippen LogP contribution in [0.1, 0.15) is 35.7 Å². The Bertz CT molecular complexity index is 907. The first-order valence-electron chi connectivity index (χ1n) is 8.32. The highest BCUT2D eigenvalue weighted by molar-refractivity contribution is 7.18. The fourth-order valence-corrected chi connectivity index (χ4v) is 3.69. The molecule has 1 saturated heterocycles. The van der Waals surface area contributed by atoms with Crippen LogP contribution in [0, 0.1) is 12.7 Å². The van der Waals surface area contributed by atoms with E-state index in [4.69, 9.17) is 4.98 Å². The smallest absolute Gasteiger partial charge is 0.225 e. The van der Waals surface area contributed by atoms with E-state index in [1.54, 1.807) is 17.5 Å². The van der Waals surface area contributed by atoms with Crippen LogP contribution < -0.4 is 5.32 Å². The number of halogens is 1. The summed E-state index contributed by atoms with van der Waals surface area (Å²) >= 11 is 1.63. The molecule has 25 heavy (non-hydrogen) atoms. The maximum atomic E-state index is 13.4. The van der Waals surface area contributed by atoms with Gasteiger partial charge in [0.2, 0.25) is 5.95 Å². The van der Waals surface area contributed by atoms with Gasteiger partial charge in [0.15, 0.2) is 5.65 Å². The number of nitrogens with one attached hydrogen (secondary N) is 1. The third kappa shape index (κ3) is 3.45. The molecule has 0 radical (unpaired) electrons. The number of hydrogen-bond donors (Lipinski definition) is 1. The van der Waals surface area contributed by atoms with Crippen LogP contribution in [0.4, 0.5) is 10.3 Å². The van der Waals surface area contributed by atoms with E-state index in [9.17, 15) is 4.39 Å². The molecule has 4 rings (SSSR count). The van der Waals surface area contributed by atoms with Crippen molar-refractivity contribution in [2.75, 3.05) is 18.4 Å². The van der Waals surface area contributed by atoms with Gasteiger partial charge in [-0.25, -0.2) is 14.4 Å². The predicted molar refractivity (Wildman–Crippen MR) is 96.1 cm³/mol. The number of hydrogen-bond acceptors (Lipinski definition) is 7. The van der Waals surface area contributed by atoms with Crippen molar-refractivity contribution in [3.63, 3.8) is 0 Å². The van der Waals surface area contributed by atoms with E-state index in [1.165, 1.54) is 18.7 Å². The van der Waals surface area contributed by atoms with Crippen molar-refractivity contribution in [1.82, 2.24) is 24.8 Å². The number of fused-ring (bicyclic) bond motifs is 1. The Morgan fingerprint density at radius 1 is 1.28 bits per heavy atom. The van der Waals surface area contributed by atoms with Gasteiger partial charge >= 0.3 is 0 Å². The van der Waals surface area contributed by atoms with Crippen molar-refractivity contribution in [2.45, 2.75) is 32.9 Å². The molecule has 0 aliphatic carbocycles. The lowest BCUT2D eigenvalue weighted by atomic mass is 10.1. The normalized spacial score (nSPS) is 16.0. The molecule has 3 aromatic heterocycles. The van der Waals surface area contributed by atoms with E-state index < -0.39 is 0 Å². The lowest BCUT2D eigenvalue weighted by Crippen LogP contribution is -2.36. The summed E-state index contributed by atoms with van der Waals surface area (Å²) in [7, 11) is 0. The predicted octanol–water partition coefficient (Wildman–Crippen LogP) is 3.31. The van der Waals surface area contributed by atoms with Crippen LogP contribution in [0.3, 0.4) is 0 Å². The second kappa shape index (κ2) is 6.61.